The van der Waals surface area contributed by atoms with Crippen molar-refractivity contribution in [3.05, 3.63) is 88.3 Å². The van der Waals surface area contributed by atoms with Gasteiger partial charge in [-0.15, -0.1) is 0 Å². The van der Waals surface area contributed by atoms with E-state index in [2.05, 4.69) is 5.32 Å². The van der Waals surface area contributed by atoms with Crippen LogP contribution in [0.4, 0.5) is 0 Å². The summed E-state index contributed by atoms with van der Waals surface area (Å²) in [5.41, 5.74) is 2.96. The SMILES string of the molecule is COC(=O)C1=C(C)NC(C)=C(C(=O)O)C1c1ccccc1OCc1ccccc1. The van der Waals surface area contributed by atoms with E-state index in [0.29, 0.717) is 29.3 Å². The molecule has 150 valence electrons. The molecule has 29 heavy (non-hydrogen) atoms. The van der Waals surface area contributed by atoms with E-state index in [0.717, 1.165) is 5.56 Å². The van der Waals surface area contributed by atoms with Gasteiger partial charge in [0.05, 0.1) is 24.2 Å². The van der Waals surface area contributed by atoms with E-state index >= 15 is 0 Å². The molecule has 2 aromatic carbocycles. The average Bonchev–Trinajstić information content (AvgIpc) is 2.72. The van der Waals surface area contributed by atoms with Gasteiger partial charge in [0, 0.05) is 17.0 Å². The number of carboxylic acid groups (broad SMARTS) is 1. The second-order valence-corrected chi connectivity index (χ2v) is 6.74. The summed E-state index contributed by atoms with van der Waals surface area (Å²) in [7, 11) is 1.28. The number of para-hydroxylation sites is 1. The predicted molar refractivity (Wildman–Crippen MR) is 108 cm³/mol. The first kappa shape index (κ1) is 20.2. The van der Waals surface area contributed by atoms with Crippen LogP contribution in [0, 0.1) is 0 Å². The van der Waals surface area contributed by atoms with Gasteiger partial charge in [0.1, 0.15) is 12.4 Å². The molecule has 0 radical (unpaired) electrons. The number of dihydropyridines is 1. The zero-order valence-electron chi connectivity index (χ0n) is 16.6. The van der Waals surface area contributed by atoms with Crippen LogP contribution in [0.25, 0.3) is 0 Å². The summed E-state index contributed by atoms with van der Waals surface area (Å²) in [6, 6.07) is 16.8. The smallest absolute Gasteiger partial charge is 0.336 e. The van der Waals surface area contributed by atoms with Gasteiger partial charge in [-0.2, -0.15) is 0 Å². The van der Waals surface area contributed by atoms with E-state index in [1.807, 2.05) is 36.4 Å². The number of nitrogens with one attached hydrogen (secondary N) is 1. The summed E-state index contributed by atoms with van der Waals surface area (Å²) in [6.07, 6.45) is 0. The summed E-state index contributed by atoms with van der Waals surface area (Å²) in [5.74, 6) is -1.98. The van der Waals surface area contributed by atoms with Crippen LogP contribution in [0.5, 0.6) is 5.75 Å². The molecule has 6 heteroatoms. The Morgan fingerprint density at radius 3 is 2.24 bits per heavy atom. The molecule has 0 bridgehead atoms. The minimum atomic E-state index is -1.10. The van der Waals surface area contributed by atoms with Crippen LogP contribution >= 0.6 is 0 Å². The van der Waals surface area contributed by atoms with Gasteiger partial charge < -0.3 is 19.9 Å². The van der Waals surface area contributed by atoms with Crippen molar-refractivity contribution in [3.8, 4) is 5.75 Å². The number of carboxylic acids is 1. The molecule has 3 rings (SSSR count). The maximum atomic E-state index is 12.6. The number of ether oxygens (including phenoxy) is 2. The standard InChI is InChI=1S/C23H23NO5/c1-14-19(22(25)26)21(20(15(2)24-14)23(27)28-3)17-11-7-8-12-18(17)29-13-16-9-5-4-6-10-16/h4-12,21,24H,13H2,1-3H3,(H,25,26). The van der Waals surface area contributed by atoms with Crippen LogP contribution in [0.15, 0.2) is 77.1 Å². The number of allylic oxidation sites excluding steroid dienone is 2. The van der Waals surface area contributed by atoms with E-state index in [4.69, 9.17) is 9.47 Å². The quantitative estimate of drug-likeness (QED) is 0.727. The molecule has 0 aliphatic carbocycles. The molecule has 1 unspecified atom stereocenters. The monoisotopic (exact) mass is 393 g/mol. The lowest BCUT2D eigenvalue weighted by molar-refractivity contribution is -0.136. The summed E-state index contributed by atoms with van der Waals surface area (Å²) in [4.78, 5) is 24.6. The number of hydrogen-bond acceptors (Lipinski definition) is 5. The third kappa shape index (κ3) is 4.16. The fraction of sp³-hybridized carbons (Fsp3) is 0.217. The molecule has 0 amide bonds. The molecule has 1 heterocycles. The van der Waals surface area contributed by atoms with Gasteiger partial charge >= 0.3 is 11.9 Å². The number of carbonyl (C=O) groups excluding carboxylic acids is 1. The first-order valence-electron chi connectivity index (χ1n) is 9.19. The molecule has 1 atom stereocenters. The fourth-order valence-corrected chi connectivity index (χ4v) is 3.55. The third-order valence-corrected chi connectivity index (χ3v) is 4.86. The molecule has 0 fully saturated rings. The van der Waals surface area contributed by atoms with Crippen molar-refractivity contribution >= 4 is 11.9 Å². The zero-order valence-corrected chi connectivity index (χ0v) is 16.6. The van der Waals surface area contributed by atoms with Crippen molar-refractivity contribution in [3.63, 3.8) is 0 Å². The minimum absolute atomic E-state index is 0.0896. The summed E-state index contributed by atoms with van der Waals surface area (Å²) >= 11 is 0. The Morgan fingerprint density at radius 2 is 1.59 bits per heavy atom. The summed E-state index contributed by atoms with van der Waals surface area (Å²) in [5, 5.41) is 12.9. The Kier molecular flexibility index (Phi) is 6.02. The molecule has 2 N–H and O–H groups in total. The molecule has 0 aromatic heterocycles. The number of benzene rings is 2. The number of esters is 1. The molecule has 1 aliphatic rings. The first-order chi connectivity index (χ1) is 13.9. The van der Waals surface area contributed by atoms with Gasteiger partial charge in [0.15, 0.2) is 0 Å². The Bertz CT molecular complexity index is 991. The highest BCUT2D eigenvalue weighted by Gasteiger charge is 2.38. The van der Waals surface area contributed by atoms with Crippen molar-refractivity contribution in [1.29, 1.82) is 0 Å². The molecular formula is C23H23NO5. The highest BCUT2D eigenvalue weighted by molar-refractivity contribution is 5.99. The molecule has 0 saturated heterocycles. The second-order valence-electron chi connectivity index (χ2n) is 6.74. The van der Waals surface area contributed by atoms with E-state index in [-0.39, 0.29) is 11.1 Å². The van der Waals surface area contributed by atoms with Gasteiger partial charge in [0.25, 0.3) is 0 Å². The van der Waals surface area contributed by atoms with Crippen LogP contribution in [-0.4, -0.2) is 24.2 Å². The van der Waals surface area contributed by atoms with E-state index < -0.39 is 17.9 Å². The Labute approximate surface area is 169 Å². The number of rotatable bonds is 6. The zero-order chi connectivity index (χ0) is 21.0. The van der Waals surface area contributed by atoms with Crippen LogP contribution in [0.2, 0.25) is 0 Å². The van der Waals surface area contributed by atoms with Crippen molar-refractivity contribution in [2.75, 3.05) is 7.11 Å². The van der Waals surface area contributed by atoms with Gasteiger partial charge in [-0.1, -0.05) is 48.5 Å². The maximum Gasteiger partial charge on any atom is 0.336 e. The minimum Gasteiger partial charge on any atom is -0.489 e. The molecule has 0 spiro atoms. The number of hydrogen-bond donors (Lipinski definition) is 2. The Hall–Kier alpha value is -3.54. The average molecular weight is 393 g/mol. The lowest BCUT2D eigenvalue weighted by Crippen LogP contribution is -2.31. The largest absolute Gasteiger partial charge is 0.489 e. The van der Waals surface area contributed by atoms with Crippen LogP contribution < -0.4 is 10.1 Å². The van der Waals surface area contributed by atoms with E-state index in [1.54, 1.807) is 32.0 Å². The normalized spacial score (nSPS) is 16.3. The molecular weight excluding hydrogens is 370 g/mol. The van der Waals surface area contributed by atoms with Crippen molar-refractivity contribution in [1.82, 2.24) is 5.32 Å². The molecule has 0 saturated carbocycles. The maximum absolute atomic E-state index is 12.6. The highest BCUT2D eigenvalue weighted by Crippen LogP contribution is 2.42. The van der Waals surface area contributed by atoms with Crippen molar-refractivity contribution < 1.29 is 24.2 Å². The summed E-state index contributed by atoms with van der Waals surface area (Å²) in [6.45, 7) is 3.74. The van der Waals surface area contributed by atoms with Crippen molar-refractivity contribution in [2.45, 2.75) is 26.4 Å². The highest BCUT2D eigenvalue weighted by atomic mass is 16.5. The van der Waals surface area contributed by atoms with Crippen LogP contribution in [-0.2, 0) is 20.9 Å². The van der Waals surface area contributed by atoms with Crippen molar-refractivity contribution in [2.24, 2.45) is 0 Å². The lowest BCUT2D eigenvalue weighted by atomic mass is 9.80. The lowest BCUT2D eigenvalue weighted by Gasteiger charge is -2.30. The second kappa shape index (κ2) is 8.65. The molecule has 1 aliphatic heterocycles. The third-order valence-electron chi connectivity index (χ3n) is 4.86. The predicted octanol–water partition coefficient (Wildman–Crippen LogP) is 3.76. The van der Waals surface area contributed by atoms with E-state index in [9.17, 15) is 14.7 Å². The Balaban J connectivity index is 2.08. The van der Waals surface area contributed by atoms with Gasteiger partial charge in [0.2, 0.25) is 0 Å². The van der Waals surface area contributed by atoms with Gasteiger partial charge in [-0.05, 0) is 25.5 Å². The van der Waals surface area contributed by atoms with Gasteiger partial charge in [-0.3, -0.25) is 0 Å². The summed E-state index contributed by atoms with van der Waals surface area (Å²) < 4.78 is 11.0. The van der Waals surface area contributed by atoms with Gasteiger partial charge in [-0.25, -0.2) is 9.59 Å². The number of carbonyl (C=O) groups is 2. The first-order valence-corrected chi connectivity index (χ1v) is 9.19. The molecule has 6 nitrogen and oxygen atoms in total. The molecule has 2 aromatic rings. The number of aliphatic carboxylic acids is 1. The van der Waals surface area contributed by atoms with E-state index in [1.165, 1.54) is 7.11 Å². The topological polar surface area (TPSA) is 84.9 Å². The van der Waals surface area contributed by atoms with Crippen LogP contribution in [0.3, 0.4) is 0 Å². The number of methoxy groups -OCH3 is 1. The van der Waals surface area contributed by atoms with Crippen LogP contribution in [0.1, 0.15) is 30.9 Å². The Morgan fingerprint density at radius 1 is 0.966 bits per heavy atom. The fourth-order valence-electron chi connectivity index (χ4n) is 3.55.